The molecule has 6 nitrogen and oxygen atoms in total. The lowest BCUT2D eigenvalue weighted by atomic mass is 10.0. The van der Waals surface area contributed by atoms with Crippen molar-refractivity contribution in [3.8, 4) is 11.1 Å². The molecule has 34 heavy (non-hydrogen) atoms. The first-order valence-corrected chi connectivity index (χ1v) is 11.4. The minimum atomic E-state index is -0.558. The average molecular weight is 455 g/mol. The minimum absolute atomic E-state index is 0.0465. The third-order valence-electron chi connectivity index (χ3n) is 6.29. The first kappa shape index (κ1) is 22.0. The Labute approximate surface area is 197 Å². The molecule has 6 heteroatoms. The number of nitrogens with zero attached hydrogens (tertiary/aromatic N) is 1. The van der Waals surface area contributed by atoms with Gasteiger partial charge in [-0.25, -0.2) is 9.78 Å². The normalized spacial score (nSPS) is 13.6. The van der Waals surface area contributed by atoms with Gasteiger partial charge in [-0.05, 0) is 46.7 Å². The number of aromatic nitrogens is 1. The molecule has 1 aromatic heterocycles. The minimum Gasteiger partial charge on any atom is -0.406 e. The van der Waals surface area contributed by atoms with Crippen molar-refractivity contribution in [3.05, 3.63) is 99.7 Å². The highest BCUT2D eigenvalue weighted by Gasteiger charge is 2.30. The van der Waals surface area contributed by atoms with Crippen molar-refractivity contribution in [2.75, 3.05) is 6.61 Å². The summed E-state index contributed by atoms with van der Waals surface area (Å²) in [5.74, 6) is -0.146. The third-order valence-corrected chi connectivity index (χ3v) is 6.29. The second-order valence-electron chi connectivity index (χ2n) is 8.96. The van der Waals surface area contributed by atoms with E-state index in [1.165, 1.54) is 0 Å². The van der Waals surface area contributed by atoms with E-state index in [1.54, 1.807) is 6.07 Å². The van der Waals surface area contributed by atoms with E-state index in [2.05, 4.69) is 22.4 Å². The molecule has 0 radical (unpaired) electrons. The van der Waals surface area contributed by atoms with Crippen molar-refractivity contribution >= 4 is 16.8 Å². The number of nitrogens with one attached hydrogen (secondary N) is 1. The van der Waals surface area contributed by atoms with Crippen molar-refractivity contribution in [2.24, 2.45) is 5.92 Å². The summed E-state index contributed by atoms with van der Waals surface area (Å²) in [6, 6.07) is 21.1. The SMILES string of the molecule is Cc1cccc2nc([C@@H](NC(=O)COC3c4ccccc4-c4ccccc43)C(C)C)oc(=O)c12. The van der Waals surface area contributed by atoms with Gasteiger partial charge in [0.15, 0.2) is 0 Å². The molecule has 1 aliphatic carbocycles. The fraction of sp³-hybridized carbons (Fsp3) is 0.250. The summed E-state index contributed by atoms with van der Waals surface area (Å²) in [4.78, 5) is 30.1. The number of hydrogen-bond acceptors (Lipinski definition) is 5. The van der Waals surface area contributed by atoms with Crippen LogP contribution in [0.4, 0.5) is 0 Å². The summed E-state index contributed by atoms with van der Waals surface area (Å²) >= 11 is 0. The summed E-state index contributed by atoms with van der Waals surface area (Å²) in [6.07, 6.45) is -0.310. The maximum atomic E-state index is 12.9. The Morgan fingerprint density at radius 2 is 1.65 bits per heavy atom. The van der Waals surface area contributed by atoms with Gasteiger partial charge in [-0.3, -0.25) is 4.79 Å². The molecule has 0 fully saturated rings. The molecule has 1 amide bonds. The predicted octanol–water partition coefficient (Wildman–Crippen LogP) is 5.10. The number of aryl methyl sites for hydroxylation is 1. The summed E-state index contributed by atoms with van der Waals surface area (Å²) in [5.41, 5.74) is 5.27. The number of benzene rings is 3. The van der Waals surface area contributed by atoms with Crippen LogP contribution in [0.15, 0.2) is 75.9 Å². The molecule has 1 atom stereocenters. The van der Waals surface area contributed by atoms with Gasteiger partial charge in [0.1, 0.15) is 18.8 Å². The zero-order valence-corrected chi connectivity index (χ0v) is 19.4. The Bertz CT molecular complexity index is 1390. The maximum Gasteiger partial charge on any atom is 0.347 e. The van der Waals surface area contributed by atoms with Crippen LogP contribution in [0.5, 0.6) is 0 Å². The van der Waals surface area contributed by atoms with Crippen LogP contribution < -0.4 is 10.9 Å². The van der Waals surface area contributed by atoms with E-state index in [4.69, 9.17) is 9.15 Å². The Hall–Kier alpha value is -3.77. The fourth-order valence-electron chi connectivity index (χ4n) is 4.61. The number of fused-ring (bicyclic) bond motifs is 4. The molecule has 0 spiro atoms. The third kappa shape index (κ3) is 3.90. The van der Waals surface area contributed by atoms with Gasteiger partial charge in [-0.1, -0.05) is 74.5 Å². The smallest absolute Gasteiger partial charge is 0.347 e. The van der Waals surface area contributed by atoms with Crippen LogP contribution in [-0.2, 0) is 9.53 Å². The molecule has 0 unspecified atom stereocenters. The van der Waals surface area contributed by atoms with Crippen LogP contribution in [0.2, 0.25) is 0 Å². The van der Waals surface area contributed by atoms with E-state index in [0.29, 0.717) is 10.9 Å². The van der Waals surface area contributed by atoms with Crippen LogP contribution in [-0.4, -0.2) is 17.5 Å². The van der Waals surface area contributed by atoms with Crippen LogP contribution >= 0.6 is 0 Å². The largest absolute Gasteiger partial charge is 0.406 e. The zero-order chi connectivity index (χ0) is 23.8. The maximum absolute atomic E-state index is 12.9. The number of ether oxygens (including phenoxy) is 1. The zero-order valence-electron chi connectivity index (χ0n) is 19.4. The standard InChI is InChI=1S/C28H26N2O4/c1-16(2)25(27-29-22-14-8-9-17(3)24(22)28(32)34-27)30-23(31)15-33-26-20-12-6-4-10-18(20)19-11-5-7-13-21(19)26/h4-14,16,25-26H,15H2,1-3H3,(H,30,31)/t25-/m0/s1. The summed E-state index contributed by atoms with van der Waals surface area (Å²) in [6.45, 7) is 5.60. The van der Waals surface area contributed by atoms with E-state index in [1.807, 2.05) is 69.3 Å². The average Bonchev–Trinajstić information content (AvgIpc) is 3.14. The van der Waals surface area contributed by atoms with E-state index in [9.17, 15) is 9.59 Å². The number of carbonyl (C=O) groups is 1. The van der Waals surface area contributed by atoms with Crippen LogP contribution in [0.1, 0.15) is 48.6 Å². The molecule has 0 bridgehead atoms. The molecule has 4 aromatic rings. The predicted molar refractivity (Wildman–Crippen MR) is 130 cm³/mol. The highest BCUT2D eigenvalue weighted by molar-refractivity contribution is 5.81. The van der Waals surface area contributed by atoms with Crippen LogP contribution in [0.25, 0.3) is 22.0 Å². The van der Waals surface area contributed by atoms with Gasteiger partial charge in [-0.2, -0.15) is 0 Å². The number of hydrogen-bond donors (Lipinski definition) is 1. The molecule has 0 saturated heterocycles. The fourth-order valence-corrected chi connectivity index (χ4v) is 4.61. The molecule has 3 aromatic carbocycles. The molecule has 1 aliphatic rings. The summed E-state index contributed by atoms with van der Waals surface area (Å²) in [5, 5.41) is 3.41. The first-order valence-electron chi connectivity index (χ1n) is 11.4. The number of rotatable bonds is 6. The van der Waals surface area contributed by atoms with Crippen molar-refractivity contribution in [3.63, 3.8) is 0 Å². The van der Waals surface area contributed by atoms with Gasteiger partial charge in [0, 0.05) is 0 Å². The highest BCUT2D eigenvalue weighted by atomic mass is 16.5. The number of carbonyl (C=O) groups excluding carboxylic acids is 1. The van der Waals surface area contributed by atoms with E-state index in [-0.39, 0.29) is 30.4 Å². The van der Waals surface area contributed by atoms with Gasteiger partial charge in [0.25, 0.3) is 0 Å². The van der Waals surface area contributed by atoms with Crippen LogP contribution in [0.3, 0.4) is 0 Å². The molecule has 172 valence electrons. The Kier molecular flexibility index (Phi) is 5.75. The van der Waals surface area contributed by atoms with Gasteiger partial charge >= 0.3 is 5.63 Å². The topological polar surface area (TPSA) is 81.4 Å². The molecular weight excluding hydrogens is 428 g/mol. The summed E-state index contributed by atoms with van der Waals surface area (Å²) < 4.78 is 11.7. The Morgan fingerprint density at radius 1 is 1.00 bits per heavy atom. The molecule has 1 N–H and O–H groups in total. The monoisotopic (exact) mass is 454 g/mol. The molecular formula is C28H26N2O4. The highest BCUT2D eigenvalue weighted by Crippen LogP contribution is 2.44. The Balaban J connectivity index is 1.36. The first-order chi connectivity index (χ1) is 16.4. The Morgan fingerprint density at radius 3 is 2.29 bits per heavy atom. The van der Waals surface area contributed by atoms with Gasteiger partial charge in [0.2, 0.25) is 11.8 Å². The summed E-state index contributed by atoms with van der Waals surface area (Å²) in [7, 11) is 0. The molecule has 1 heterocycles. The number of amides is 1. The van der Waals surface area contributed by atoms with Gasteiger partial charge in [0.05, 0.1) is 10.9 Å². The second-order valence-corrected chi connectivity index (χ2v) is 8.96. The molecule has 0 saturated carbocycles. The van der Waals surface area contributed by atoms with E-state index in [0.717, 1.165) is 27.8 Å². The lowest BCUT2D eigenvalue weighted by molar-refractivity contribution is -0.128. The van der Waals surface area contributed by atoms with Crippen molar-refractivity contribution in [1.82, 2.24) is 10.3 Å². The molecule has 0 aliphatic heterocycles. The quantitative estimate of drug-likeness (QED) is 0.439. The van der Waals surface area contributed by atoms with Crippen molar-refractivity contribution in [2.45, 2.75) is 32.9 Å². The second kappa shape index (κ2) is 8.88. The molecule has 5 rings (SSSR count). The van der Waals surface area contributed by atoms with Gasteiger partial charge in [-0.15, -0.1) is 0 Å². The van der Waals surface area contributed by atoms with E-state index < -0.39 is 11.7 Å². The van der Waals surface area contributed by atoms with E-state index >= 15 is 0 Å². The van der Waals surface area contributed by atoms with Crippen LogP contribution in [0, 0.1) is 12.8 Å². The van der Waals surface area contributed by atoms with Crippen molar-refractivity contribution in [1.29, 1.82) is 0 Å². The lowest BCUT2D eigenvalue weighted by Crippen LogP contribution is -2.35. The van der Waals surface area contributed by atoms with Crippen molar-refractivity contribution < 1.29 is 13.9 Å². The lowest BCUT2D eigenvalue weighted by Gasteiger charge is -2.21. The van der Waals surface area contributed by atoms with Gasteiger partial charge < -0.3 is 14.5 Å².